The number of benzene rings is 1. The first-order valence-corrected chi connectivity index (χ1v) is 6.59. The molecule has 0 aliphatic heterocycles. The van der Waals surface area contributed by atoms with Crippen LogP contribution in [0.25, 0.3) is 0 Å². The predicted octanol–water partition coefficient (Wildman–Crippen LogP) is 2.16. The van der Waals surface area contributed by atoms with Gasteiger partial charge in [-0.15, -0.1) is 0 Å². The van der Waals surface area contributed by atoms with Gasteiger partial charge < -0.3 is 20.1 Å². The minimum Gasteiger partial charge on any atom is -0.492 e. The fourth-order valence-electron chi connectivity index (χ4n) is 1.50. The maximum Gasteiger partial charge on any atom is 0.340 e. The summed E-state index contributed by atoms with van der Waals surface area (Å²) in [5, 5.41) is 0. The molecule has 1 rings (SSSR count). The van der Waals surface area contributed by atoms with Gasteiger partial charge in [-0.1, -0.05) is 0 Å². The molecule has 0 aromatic heterocycles. The van der Waals surface area contributed by atoms with Crippen molar-refractivity contribution in [2.24, 2.45) is 0 Å². The van der Waals surface area contributed by atoms with Crippen molar-refractivity contribution >= 4 is 11.7 Å². The smallest absolute Gasteiger partial charge is 0.340 e. The van der Waals surface area contributed by atoms with Crippen molar-refractivity contribution in [3.05, 3.63) is 23.8 Å². The van der Waals surface area contributed by atoms with Crippen molar-refractivity contribution in [1.29, 1.82) is 0 Å². The summed E-state index contributed by atoms with van der Waals surface area (Å²) in [6.07, 6.45) is 0. The third-order valence-corrected chi connectivity index (χ3v) is 2.45. The van der Waals surface area contributed by atoms with Crippen LogP contribution in [0.4, 0.5) is 5.69 Å². The number of esters is 1. The highest BCUT2D eigenvalue weighted by Gasteiger charge is 2.19. The molecule has 0 amide bonds. The molecule has 20 heavy (non-hydrogen) atoms. The average molecular weight is 280 g/mol. The summed E-state index contributed by atoms with van der Waals surface area (Å²) in [5.74, 6) is 0.228. The largest absolute Gasteiger partial charge is 0.492 e. The molecule has 0 saturated heterocycles. The lowest BCUT2D eigenvalue weighted by Crippen LogP contribution is -2.24. The molecule has 5 heteroatoms. The molecule has 112 valence electrons. The van der Waals surface area contributed by atoms with Gasteiger partial charge in [0.15, 0.2) is 0 Å². The molecule has 0 heterocycles. The SMILES string of the molecule is CN(C)CCOc1ccc(C(=O)OC(C)(C)C)c(N)c1. The number of carbonyl (C=O) groups is 1. The van der Waals surface area contributed by atoms with Crippen LogP contribution in [0.3, 0.4) is 0 Å². The lowest BCUT2D eigenvalue weighted by Gasteiger charge is -2.20. The van der Waals surface area contributed by atoms with Crippen LogP contribution in [-0.2, 0) is 4.74 Å². The van der Waals surface area contributed by atoms with Gasteiger partial charge in [-0.2, -0.15) is 0 Å². The second kappa shape index (κ2) is 6.61. The van der Waals surface area contributed by atoms with Crippen LogP contribution in [0.5, 0.6) is 5.75 Å². The number of ether oxygens (including phenoxy) is 2. The Hall–Kier alpha value is -1.75. The van der Waals surface area contributed by atoms with Crippen LogP contribution in [0, 0.1) is 0 Å². The normalized spacial score (nSPS) is 11.5. The Kier molecular flexibility index (Phi) is 5.39. The fraction of sp³-hybridized carbons (Fsp3) is 0.533. The summed E-state index contributed by atoms with van der Waals surface area (Å²) in [6, 6.07) is 5.01. The van der Waals surface area contributed by atoms with Gasteiger partial charge in [0.1, 0.15) is 18.0 Å². The Morgan fingerprint density at radius 3 is 2.45 bits per heavy atom. The molecule has 0 unspecified atom stereocenters. The summed E-state index contributed by atoms with van der Waals surface area (Å²) in [6.45, 7) is 6.84. The molecule has 0 fully saturated rings. The molecule has 0 radical (unpaired) electrons. The van der Waals surface area contributed by atoms with E-state index in [9.17, 15) is 4.79 Å². The maximum absolute atomic E-state index is 11.9. The van der Waals surface area contributed by atoms with E-state index >= 15 is 0 Å². The van der Waals surface area contributed by atoms with Crippen molar-refractivity contribution in [1.82, 2.24) is 4.90 Å². The molecule has 1 aromatic rings. The first-order chi connectivity index (χ1) is 9.19. The van der Waals surface area contributed by atoms with Crippen LogP contribution in [-0.4, -0.2) is 43.7 Å². The molecule has 0 bridgehead atoms. The number of nitrogens with two attached hydrogens (primary N) is 1. The Balaban J connectivity index is 2.70. The number of nitrogen functional groups attached to an aromatic ring is 1. The zero-order valence-corrected chi connectivity index (χ0v) is 12.9. The Labute approximate surface area is 120 Å². The fourth-order valence-corrected chi connectivity index (χ4v) is 1.50. The van der Waals surface area contributed by atoms with Gasteiger partial charge in [-0.05, 0) is 47.0 Å². The summed E-state index contributed by atoms with van der Waals surface area (Å²) in [5.41, 5.74) is 6.07. The highest BCUT2D eigenvalue weighted by Crippen LogP contribution is 2.22. The van der Waals surface area contributed by atoms with Crippen molar-refractivity contribution in [3.63, 3.8) is 0 Å². The van der Waals surface area contributed by atoms with Gasteiger partial charge in [0.25, 0.3) is 0 Å². The predicted molar refractivity (Wildman–Crippen MR) is 80.1 cm³/mol. The summed E-state index contributed by atoms with van der Waals surface area (Å²) < 4.78 is 10.9. The standard InChI is InChI=1S/C15H24N2O3/c1-15(2,3)20-14(18)12-7-6-11(10-13(12)16)19-9-8-17(4)5/h6-7,10H,8-9,16H2,1-5H3. The van der Waals surface area contributed by atoms with E-state index in [-0.39, 0.29) is 0 Å². The summed E-state index contributed by atoms with van der Waals surface area (Å²) in [7, 11) is 3.95. The summed E-state index contributed by atoms with van der Waals surface area (Å²) in [4.78, 5) is 14.0. The monoisotopic (exact) mass is 280 g/mol. The van der Waals surface area contributed by atoms with Crippen LogP contribution in [0.2, 0.25) is 0 Å². The molecule has 2 N–H and O–H groups in total. The molecular weight excluding hydrogens is 256 g/mol. The number of hydrogen-bond donors (Lipinski definition) is 1. The number of rotatable bonds is 5. The van der Waals surface area contributed by atoms with Gasteiger partial charge in [0.2, 0.25) is 0 Å². The van der Waals surface area contributed by atoms with E-state index < -0.39 is 11.6 Å². The quantitative estimate of drug-likeness (QED) is 0.661. The zero-order valence-electron chi connectivity index (χ0n) is 12.9. The zero-order chi connectivity index (χ0) is 15.3. The van der Waals surface area contributed by atoms with Crippen LogP contribution >= 0.6 is 0 Å². The Morgan fingerprint density at radius 2 is 1.95 bits per heavy atom. The van der Waals surface area contributed by atoms with Crippen LogP contribution in [0.1, 0.15) is 31.1 Å². The van der Waals surface area contributed by atoms with Crippen molar-refractivity contribution in [3.8, 4) is 5.75 Å². The molecule has 0 aliphatic rings. The molecule has 0 aliphatic carbocycles. The Morgan fingerprint density at radius 1 is 1.30 bits per heavy atom. The second-order valence-corrected chi connectivity index (χ2v) is 5.90. The second-order valence-electron chi connectivity index (χ2n) is 5.90. The topological polar surface area (TPSA) is 64.8 Å². The number of likely N-dealkylation sites (N-methyl/N-ethyl adjacent to an activating group) is 1. The lowest BCUT2D eigenvalue weighted by atomic mass is 10.1. The first kappa shape index (κ1) is 16.3. The van der Waals surface area contributed by atoms with E-state index in [1.165, 1.54) is 0 Å². The Bertz CT molecular complexity index is 465. The molecule has 5 nitrogen and oxygen atoms in total. The van der Waals surface area contributed by atoms with Gasteiger partial charge in [-0.3, -0.25) is 0 Å². The van der Waals surface area contributed by atoms with E-state index in [0.29, 0.717) is 23.6 Å². The number of carbonyl (C=O) groups excluding carboxylic acids is 1. The third-order valence-electron chi connectivity index (χ3n) is 2.45. The van der Waals surface area contributed by atoms with Crippen LogP contribution < -0.4 is 10.5 Å². The minimum absolute atomic E-state index is 0.361. The average Bonchev–Trinajstić information content (AvgIpc) is 2.25. The van der Waals surface area contributed by atoms with E-state index in [4.69, 9.17) is 15.2 Å². The molecule has 0 atom stereocenters. The van der Waals surface area contributed by atoms with E-state index in [1.807, 2.05) is 39.8 Å². The van der Waals surface area contributed by atoms with Crippen LogP contribution in [0.15, 0.2) is 18.2 Å². The van der Waals surface area contributed by atoms with Gasteiger partial charge >= 0.3 is 5.97 Å². The first-order valence-electron chi connectivity index (χ1n) is 6.59. The van der Waals surface area contributed by atoms with E-state index in [2.05, 4.69) is 0 Å². The van der Waals surface area contributed by atoms with E-state index in [1.54, 1.807) is 18.2 Å². The third kappa shape index (κ3) is 5.48. The number of anilines is 1. The minimum atomic E-state index is -0.537. The summed E-state index contributed by atoms with van der Waals surface area (Å²) >= 11 is 0. The van der Waals surface area contributed by atoms with Gasteiger partial charge in [-0.25, -0.2) is 4.79 Å². The van der Waals surface area contributed by atoms with Gasteiger partial charge in [0.05, 0.1) is 5.56 Å². The molecular formula is C15H24N2O3. The lowest BCUT2D eigenvalue weighted by molar-refractivity contribution is 0.00708. The molecule has 0 spiro atoms. The molecule has 0 saturated carbocycles. The highest BCUT2D eigenvalue weighted by atomic mass is 16.6. The van der Waals surface area contributed by atoms with E-state index in [0.717, 1.165) is 6.54 Å². The van der Waals surface area contributed by atoms with Crippen molar-refractivity contribution < 1.29 is 14.3 Å². The molecule has 1 aromatic carbocycles. The van der Waals surface area contributed by atoms with Gasteiger partial charge in [0, 0.05) is 18.3 Å². The number of hydrogen-bond acceptors (Lipinski definition) is 5. The maximum atomic E-state index is 11.9. The van der Waals surface area contributed by atoms with Crippen molar-refractivity contribution in [2.45, 2.75) is 26.4 Å². The highest BCUT2D eigenvalue weighted by molar-refractivity contribution is 5.95. The van der Waals surface area contributed by atoms with Crippen molar-refractivity contribution in [2.75, 3.05) is 33.0 Å². The number of nitrogens with zero attached hydrogens (tertiary/aromatic N) is 1.